The number of hydrogen-bond donors (Lipinski definition) is 2. The van der Waals surface area contributed by atoms with Crippen molar-refractivity contribution in [3.63, 3.8) is 0 Å². The van der Waals surface area contributed by atoms with Gasteiger partial charge in [0.25, 0.3) is 8.32 Å². The number of aliphatic imine (C=N–C) groups is 1. The average Bonchev–Trinajstić information content (AvgIpc) is 3.11. The van der Waals surface area contributed by atoms with Crippen molar-refractivity contribution in [2.45, 2.75) is 69.3 Å². The summed E-state index contributed by atoms with van der Waals surface area (Å²) in [6.45, 7) is 6.65. The molecule has 2 aliphatic heterocycles. The van der Waals surface area contributed by atoms with Crippen LogP contribution in [0.25, 0.3) is 0 Å². The van der Waals surface area contributed by atoms with Crippen LogP contribution >= 0.6 is 0 Å². The second-order valence-corrected chi connectivity index (χ2v) is 16.3. The predicted molar refractivity (Wildman–Crippen MR) is 162 cm³/mol. The van der Waals surface area contributed by atoms with Gasteiger partial charge in [-0.15, -0.1) is 6.42 Å². The first-order valence-electron chi connectivity index (χ1n) is 14.0. The summed E-state index contributed by atoms with van der Waals surface area (Å²) in [6, 6.07) is 20.6. The molecule has 1 saturated heterocycles. The molecule has 2 aliphatic rings. The van der Waals surface area contributed by atoms with Crippen LogP contribution in [0.1, 0.15) is 45.7 Å². The molecule has 1 fully saturated rings. The van der Waals surface area contributed by atoms with E-state index in [1.165, 1.54) is 0 Å². The molecule has 7 nitrogen and oxygen atoms in total. The van der Waals surface area contributed by atoms with Crippen molar-refractivity contribution < 1.29 is 18.7 Å². The van der Waals surface area contributed by atoms with Crippen molar-refractivity contribution in [1.82, 2.24) is 9.97 Å². The maximum absolute atomic E-state index is 13.7. The van der Waals surface area contributed by atoms with Crippen LogP contribution in [0.5, 0.6) is 0 Å². The number of hydrogen-bond acceptors (Lipinski definition) is 7. The molecule has 1 aromatic heterocycles. The Morgan fingerprint density at radius 2 is 1.76 bits per heavy atom. The van der Waals surface area contributed by atoms with Crippen LogP contribution in [0.15, 0.2) is 65.7 Å². The molecule has 3 aromatic rings. The number of nitrogen functional groups attached to an aromatic ring is 1. The number of aryl methyl sites for hydroxylation is 1. The Kier molecular flexibility index (Phi) is 8.12. The predicted octanol–water partition coefficient (Wildman–Crippen LogP) is 3.95. The van der Waals surface area contributed by atoms with Gasteiger partial charge in [0.2, 0.25) is 0 Å². The van der Waals surface area contributed by atoms with Crippen molar-refractivity contribution in [3.8, 4) is 12.3 Å². The first-order valence-corrected chi connectivity index (χ1v) is 15.9. The van der Waals surface area contributed by atoms with E-state index in [4.69, 9.17) is 21.3 Å². The lowest BCUT2D eigenvalue weighted by atomic mass is 9.93. The lowest BCUT2D eigenvalue weighted by Crippen LogP contribution is -2.68. The van der Waals surface area contributed by atoms with E-state index in [2.05, 4.69) is 65.9 Å². The Labute approximate surface area is 242 Å². The number of anilines is 1. The minimum absolute atomic E-state index is 0.00929. The summed E-state index contributed by atoms with van der Waals surface area (Å²) < 4.78 is 27.2. The van der Waals surface area contributed by atoms with Gasteiger partial charge in [-0.2, -0.15) is 9.37 Å². The lowest BCUT2D eigenvalue weighted by Gasteiger charge is -2.44. The van der Waals surface area contributed by atoms with Crippen LogP contribution in [0, 0.1) is 24.3 Å². The van der Waals surface area contributed by atoms with Crippen molar-refractivity contribution in [1.29, 1.82) is 0 Å². The first kappa shape index (κ1) is 29.1. The van der Waals surface area contributed by atoms with E-state index in [-0.39, 0.29) is 29.5 Å². The molecule has 5 rings (SSSR count). The molecule has 0 spiro atoms. The number of fused-ring (bicyclic) bond motifs is 1. The molecule has 3 N–H and O–H groups in total. The minimum Gasteiger partial charge on any atom is -0.403 e. The van der Waals surface area contributed by atoms with Crippen LogP contribution in [-0.4, -0.2) is 54.0 Å². The summed E-state index contributed by atoms with van der Waals surface area (Å²) in [7, 11) is -2.89. The number of aliphatic hydroxyl groups excluding tert-OH is 1. The third-order valence-electron chi connectivity index (χ3n) is 8.25. The number of terminal acetylenes is 1. The van der Waals surface area contributed by atoms with E-state index in [9.17, 15) is 9.50 Å². The van der Waals surface area contributed by atoms with Crippen molar-refractivity contribution in [2.75, 3.05) is 12.3 Å². The highest BCUT2D eigenvalue weighted by Crippen LogP contribution is 2.40. The molecule has 0 aliphatic carbocycles. The number of nitrogens with two attached hydrogens (primary N) is 1. The van der Waals surface area contributed by atoms with E-state index in [1.807, 2.05) is 36.4 Å². The van der Waals surface area contributed by atoms with E-state index >= 15 is 0 Å². The summed E-state index contributed by atoms with van der Waals surface area (Å²) in [5, 5.41) is 13.3. The Bertz CT molecular complexity index is 1400. The van der Waals surface area contributed by atoms with Crippen LogP contribution < -0.4 is 16.1 Å². The molecule has 0 radical (unpaired) electrons. The van der Waals surface area contributed by atoms with Gasteiger partial charge in [-0.05, 0) is 40.6 Å². The summed E-state index contributed by atoms with van der Waals surface area (Å²) in [6.07, 6.45) is 8.00. The van der Waals surface area contributed by atoms with Gasteiger partial charge in [0.1, 0.15) is 5.69 Å². The number of aromatic nitrogens is 2. The number of rotatable bonds is 7. The summed E-state index contributed by atoms with van der Waals surface area (Å²) in [5.74, 6) is 2.82. The molecule has 0 saturated carbocycles. The maximum Gasteiger partial charge on any atom is 0.310 e. The zero-order valence-corrected chi connectivity index (χ0v) is 24.8. The largest absolute Gasteiger partial charge is 0.403 e. The lowest BCUT2D eigenvalue weighted by molar-refractivity contribution is -0.0702. The molecule has 214 valence electrons. The molecule has 2 aromatic carbocycles. The molecule has 4 atom stereocenters. The maximum atomic E-state index is 13.7. The fourth-order valence-corrected chi connectivity index (χ4v) is 10.8. The van der Waals surface area contributed by atoms with Gasteiger partial charge in [0, 0.05) is 12.6 Å². The highest BCUT2D eigenvalue weighted by Gasteiger charge is 2.54. The van der Waals surface area contributed by atoms with Crippen LogP contribution in [0.2, 0.25) is 5.04 Å². The van der Waals surface area contributed by atoms with Gasteiger partial charge in [-0.3, -0.25) is 4.99 Å². The SMILES string of the molecule is C#C[C@]1(CO[Si](c2ccccc2)(c2ccccc2)C(C)(C)C)O[C@@H](CC2C=Nc3c(N)nc(F)nc3CC2)C[C@@H]1O. The van der Waals surface area contributed by atoms with Crippen molar-refractivity contribution in [2.24, 2.45) is 10.9 Å². The molecular formula is C32H37FN4O3Si. The second-order valence-electron chi connectivity index (χ2n) is 12.0. The Morgan fingerprint density at radius 1 is 1.12 bits per heavy atom. The molecule has 9 heteroatoms. The monoisotopic (exact) mass is 572 g/mol. The first-order chi connectivity index (χ1) is 19.6. The van der Waals surface area contributed by atoms with Gasteiger partial charge in [-0.25, -0.2) is 4.98 Å². The zero-order chi connectivity index (χ0) is 29.3. The van der Waals surface area contributed by atoms with Crippen LogP contribution in [0.4, 0.5) is 15.9 Å². The smallest absolute Gasteiger partial charge is 0.310 e. The van der Waals surface area contributed by atoms with Crippen molar-refractivity contribution in [3.05, 3.63) is 72.4 Å². The number of aliphatic hydroxyl groups is 1. The highest BCUT2D eigenvalue weighted by atomic mass is 28.4. The number of nitrogens with zero attached hydrogens (tertiary/aromatic N) is 3. The molecule has 1 unspecified atom stereocenters. The van der Waals surface area contributed by atoms with E-state index < -0.39 is 26.1 Å². The highest BCUT2D eigenvalue weighted by molar-refractivity contribution is 6.99. The standard InChI is InChI=1S/C32H37FN4O3Si/c1-5-32(21-39-41(31(2,3)4,24-12-8-6-9-13-24)25-14-10-7-11-15-25)27(38)19-23(40-32)18-22-16-17-26-28(35-20-22)29(34)37-30(33)36-26/h1,6-15,20,22-23,27,38H,16-19,21H2,2-4H3,(H2,34,36,37)/t22?,23-,27-,32+/m0/s1. The van der Waals surface area contributed by atoms with E-state index in [0.717, 1.165) is 10.4 Å². The average molecular weight is 573 g/mol. The Balaban J connectivity index is 1.38. The van der Waals surface area contributed by atoms with Gasteiger partial charge in [0.05, 0.1) is 24.5 Å². The fraction of sp³-hybridized carbons (Fsp3) is 0.406. The summed E-state index contributed by atoms with van der Waals surface area (Å²) in [5.41, 5.74) is 5.50. The minimum atomic E-state index is -2.89. The van der Waals surface area contributed by atoms with Crippen LogP contribution in [-0.2, 0) is 15.6 Å². The van der Waals surface area contributed by atoms with Gasteiger partial charge >= 0.3 is 6.08 Å². The van der Waals surface area contributed by atoms with Gasteiger partial charge < -0.3 is 20.0 Å². The summed E-state index contributed by atoms with van der Waals surface area (Å²) >= 11 is 0. The third-order valence-corrected chi connectivity index (χ3v) is 13.2. The Morgan fingerprint density at radius 3 is 2.34 bits per heavy atom. The second kappa shape index (κ2) is 11.5. The topological polar surface area (TPSA) is 103 Å². The normalized spacial score (nSPS) is 24.4. The molecule has 41 heavy (non-hydrogen) atoms. The van der Waals surface area contributed by atoms with E-state index in [1.54, 1.807) is 6.21 Å². The number of halogens is 1. The van der Waals surface area contributed by atoms with Crippen molar-refractivity contribution >= 4 is 36.4 Å². The Hall–Kier alpha value is -3.42. The zero-order valence-electron chi connectivity index (χ0n) is 23.8. The van der Waals surface area contributed by atoms with Gasteiger partial charge in [0.15, 0.2) is 11.4 Å². The van der Waals surface area contributed by atoms with Crippen LogP contribution in [0.3, 0.4) is 0 Å². The summed E-state index contributed by atoms with van der Waals surface area (Å²) in [4.78, 5) is 11.9. The fourth-order valence-electron chi connectivity index (χ4n) is 6.18. The molecule has 0 amide bonds. The molecule has 3 heterocycles. The molecule has 0 bridgehead atoms. The quantitative estimate of drug-likeness (QED) is 0.253. The van der Waals surface area contributed by atoms with Gasteiger partial charge in [-0.1, -0.05) is 87.4 Å². The third kappa shape index (κ3) is 5.57. The molecular weight excluding hydrogens is 535 g/mol. The number of benzene rings is 2. The van der Waals surface area contributed by atoms with E-state index in [0.29, 0.717) is 37.1 Å². The number of ether oxygens (including phenoxy) is 1.